The van der Waals surface area contributed by atoms with Crippen LogP contribution in [0.15, 0.2) is 23.1 Å². The predicted molar refractivity (Wildman–Crippen MR) is 54.3 cm³/mol. The summed E-state index contributed by atoms with van der Waals surface area (Å²) in [6.45, 7) is 0. The van der Waals surface area contributed by atoms with Crippen LogP contribution in [0.3, 0.4) is 0 Å². The fourth-order valence-electron chi connectivity index (χ4n) is 1.10. The van der Waals surface area contributed by atoms with Gasteiger partial charge < -0.3 is 5.11 Å². The number of benzene rings is 1. The highest BCUT2D eigenvalue weighted by molar-refractivity contribution is 7.86. The number of carbonyl (C=O) groups is 1. The molecule has 0 amide bonds. The van der Waals surface area contributed by atoms with Gasteiger partial charge in [-0.1, -0.05) is 0 Å². The minimum absolute atomic E-state index is 0.456. The Bertz CT molecular complexity index is 578. The summed E-state index contributed by atoms with van der Waals surface area (Å²) in [5.74, 6) is -1.59. The van der Waals surface area contributed by atoms with E-state index in [1.807, 2.05) is 0 Å². The maximum Gasteiger partial charge on any atom is 0.342 e. The lowest BCUT2D eigenvalue weighted by Crippen LogP contribution is -2.07. The Labute approximate surface area is 95.7 Å². The molecule has 0 heterocycles. The molecule has 1 rings (SSSR count). The lowest BCUT2D eigenvalue weighted by Gasteiger charge is -2.03. The number of nitro benzene ring substituents is 1. The van der Waals surface area contributed by atoms with Crippen molar-refractivity contribution in [2.24, 2.45) is 0 Å². The molecule has 0 aliphatic rings. The van der Waals surface area contributed by atoms with E-state index in [2.05, 4.69) is 4.18 Å². The van der Waals surface area contributed by atoms with Crippen molar-refractivity contribution in [3.63, 3.8) is 0 Å². The van der Waals surface area contributed by atoms with Gasteiger partial charge in [-0.3, -0.25) is 14.3 Å². The fraction of sp³-hybridized carbons (Fsp3) is 0.125. The average Bonchev–Trinajstić information content (AvgIpc) is 2.28. The lowest BCUT2D eigenvalue weighted by molar-refractivity contribution is -0.385. The maximum atomic E-state index is 11.3. The second-order valence-electron chi connectivity index (χ2n) is 2.86. The summed E-state index contributed by atoms with van der Waals surface area (Å²) in [7, 11) is -3.18. The van der Waals surface area contributed by atoms with Gasteiger partial charge in [-0.2, -0.15) is 8.42 Å². The van der Waals surface area contributed by atoms with Gasteiger partial charge in [0, 0.05) is 6.07 Å². The fourth-order valence-corrected chi connectivity index (χ4v) is 1.79. The molecule has 0 spiro atoms. The van der Waals surface area contributed by atoms with Gasteiger partial charge >= 0.3 is 5.97 Å². The molecule has 0 aromatic heterocycles. The van der Waals surface area contributed by atoms with Crippen molar-refractivity contribution in [1.82, 2.24) is 0 Å². The summed E-state index contributed by atoms with van der Waals surface area (Å²) in [5.41, 5.74) is -1.40. The van der Waals surface area contributed by atoms with Crippen molar-refractivity contribution < 1.29 is 27.4 Å². The summed E-state index contributed by atoms with van der Waals surface area (Å²) in [6, 6.07) is 2.39. The minimum Gasteiger partial charge on any atom is -0.477 e. The zero-order valence-electron chi connectivity index (χ0n) is 8.48. The minimum atomic E-state index is -4.08. The maximum absolute atomic E-state index is 11.3. The normalized spacial score (nSPS) is 11.1. The molecule has 0 unspecified atom stereocenters. The molecule has 1 aromatic carbocycles. The summed E-state index contributed by atoms with van der Waals surface area (Å²) in [6.07, 6.45) is 0. The van der Waals surface area contributed by atoms with Gasteiger partial charge in [0.25, 0.3) is 15.8 Å². The Morgan fingerprint density at radius 3 is 2.47 bits per heavy atom. The average molecular weight is 261 g/mol. The molecule has 17 heavy (non-hydrogen) atoms. The molecule has 8 nitrogen and oxygen atoms in total. The second kappa shape index (κ2) is 4.47. The van der Waals surface area contributed by atoms with Gasteiger partial charge in [0.2, 0.25) is 0 Å². The molecule has 9 heteroatoms. The number of hydrogen-bond donors (Lipinski definition) is 1. The Kier molecular flexibility index (Phi) is 3.44. The molecule has 0 saturated carbocycles. The van der Waals surface area contributed by atoms with Crippen LogP contribution >= 0.6 is 0 Å². The molecule has 0 fully saturated rings. The van der Waals surface area contributed by atoms with Crippen LogP contribution in [0.25, 0.3) is 0 Å². The SMILES string of the molecule is COS(=O)(=O)c1ccc([N+](=O)[O-])c(C(=O)O)c1. The van der Waals surface area contributed by atoms with Crippen LogP contribution in [0.1, 0.15) is 10.4 Å². The van der Waals surface area contributed by atoms with E-state index < -0.39 is 37.2 Å². The monoisotopic (exact) mass is 261 g/mol. The molecular weight excluding hydrogens is 254 g/mol. The van der Waals surface area contributed by atoms with Crippen LogP contribution in [-0.2, 0) is 14.3 Å². The first-order valence-electron chi connectivity index (χ1n) is 4.12. The van der Waals surface area contributed by atoms with Crippen LogP contribution in [0.5, 0.6) is 0 Å². The van der Waals surface area contributed by atoms with Gasteiger partial charge in [-0.05, 0) is 12.1 Å². The first-order valence-corrected chi connectivity index (χ1v) is 5.53. The summed E-state index contributed by atoms with van der Waals surface area (Å²) >= 11 is 0. The number of nitrogens with zero attached hydrogens (tertiary/aromatic N) is 1. The van der Waals surface area contributed by atoms with E-state index in [0.29, 0.717) is 6.07 Å². The molecule has 0 radical (unpaired) electrons. The van der Waals surface area contributed by atoms with Crippen LogP contribution in [-0.4, -0.2) is 31.5 Å². The van der Waals surface area contributed by atoms with E-state index in [4.69, 9.17) is 5.11 Å². The Morgan fingerprint density at radius 1 is 1.47 bits per heavy atom. The van der Waals surface area contributed by atoms with Gasteiger partial charge in [-0.25, -0.2) is 4.79 Å². The van der Waals surface area contributed by atoms with E-state index in [0.717, 1.165) is 19.2 Å². The quantitative estimate of drug-likeness (QED) is 0.478. The predicted octanol–water partition coefficient (Wildman–Crippen LogP) is 0.628. The van der Waals surface area contributed by atoms with Gasteiger partial charge in [0.15, 0.2) is 0 Å². The van der Waals surface area contributed by atoms with Gasteiger partial charge in [0.05, 0.1) is 16.9 Å². The zero-order chi connectivity index (χ0) is 13.2. The number of carboxylic acid groups (broad SMARTS) is 1. The van der Waals surface area contributed by atoms with E-state index in [1.54, 1.807) is 0 Å². The lowest BCUT2D eigenvalue weighted by atomic mass is 10.2. The third kappa shape index (κ3) is 2.57. The highest BCUT2D eigenvalue weighted by atomic mass is 32.2. The van der Waals surface area contributed by atoms with Crippen LogP contribution in [0.2, 0.25) is 0 Å². The summed E-state index contributed by atoms with van der Waals surface area (Å²) in [5, 5.41) is 19.3. The Morgan fingerprint density at radius 2 is 2.06 bits per heavy atom. The van der Waals surface area contributed by atoms with Gasteiger partial charge in [0.1, 0.15) is 5.56 Å². The van der Waals surface area contributed by atoms with Crippen LogP contribution < -0.4 is 0 Å². The van der Waals surface area contributed by atoms with Crippen molar-refractivity contribution in [2.75, 3.05) is 7.11 Å². The van der Waals surface area contributed by atoms with E-state index in [1.165, 1.54) is 0 Å². The first kappa shape index (κ1) is 13.1. The third-order valence-corrected chi connectivity index (χ3v) is 3.17. The summed E-state index contributed by atoms with van der Waals surface area (Å²) in [4.78, 5) is 19.9. The second-order valence-corrected chi connectivity index (χ2v) is 4.57. The zero-order valence-corrected chi connectivity index (χ0v) is 9.30. The standard InChI is InChI=1S/C8H7NO7S/c1-16-17(14,15)5-2-3-7(9(12)13)6(4-5)8(10)11/h2-4H,1H3,(H,10,11). The van der Waals surface area contributed by atoms with Crippen LogP contribution in [0.4, 0.5) is 5.69 Å². The molecule has 1 aromatic rings. The molecular formula is C8H7NO7S. The highest BCUT2D eigenvalue weighted by Crippen LogP contribution is 2.23. The third-order valence-electron chi connectivity index (χ3n) is 1.90. The first-order chi connectivity index (χ1) is 7.79. The Hall–Kier alpha value is -2.00. The molecule has 1 N–H and O–H groups in total. The van der Waals surface area contributed by atoms with Crippen LogP contribution in [0, 0.1) is 10.1 Å². The topological polar surface area (TPSA) is 124 Å². The van der Waals surface area contributed by atoms with Crippen molar-refractivity contribution in [2.45, 2.75) is 4.90 Å². The smallest absolute Gasteiger partial charge is 0.342 e. The highest BCUT2D eigenvalue weighted by Gasteiger charge is 2.24. The van der Waals surface area contributed by atoms with Crippen molar-refractivity contribution in [3.05, 3.63) is 33.9 Å². The van der Waals surface area contributed by atoms with E-state index in [-0.39, 0.29) is 0 Å². The van der Waals surface area contributed by atoms with E-state index >= 15 is 0 Å². The molecule has 0 saturated heterocycles. The van der Waals surface area contributed by atoms with E-state index in [9.17, 15) is 23.3 Å². The molecule has 92 valence electrons. The number of carboxylic acids is 1. The number of aromatic carboxylic acids is 1. The molecule has 0 aliphatic heterocycles. The summed E-state index contributed by atoms with van der Waals surface area (Å²) < 4.78 is 26.7. The number of hydrogen-bond acceptors (Lipinski definition) is 6. The number of rotatable bonds is 4. The number of nitro groups is 1. The van der Waals surface area contributed by atoms with Crippen molar-refractivity contribution >= 4 is 21.8 Å². The van der Waals surface area contributed by atoms with Gasteiger partial charge in [-0.15, -0.1) is 0 Å². The van der Waals surface area contributed by atoms with Crippen molar-refractivity contribution in [1.29, 1.82) is 0 Å². The van der Waals surface area contributed by atoms with Crippen molar-refractivity contribution in [3.8, 4) is 0 Å². The molecule has 0 aliphatic carbocycles. The Balaban J connectivity index is 3.49. The molecule has 0 bridgehead atoms. The largest absolute Gasteiger partial charge is 0.477 e. The molecule has 0 atom stereocenters.